The van der Waals surface area contributed by atoms with Crippen molar-refractivity contribution in [3.05, 3.63) is 59.5 Å². The first-order valence-corrected chi connectivity index (χ1v) is 10.3. The number of hydrogen-bond donors (Lipinski definition) is 1. The minimum Gasteiger partial charge on any atom is -0.232 e. The van der Waals surface area contributed by atoms with Crippen molar-refractivity contribution in [2.75, 3.05) is 0 Å². The van der Waals surface area contributed by atoms with Gasteiger partial charge in [-0.15, -0.1) is 11.8 Å². The fraction of sp³-hybridized carbons (Fsp3) is 0.118. The van der Waals surface area contributed by atoms with Crippen molar-refractivity contribution in [1.82, 2.24) is 9.78 Å². The number of alkyl halides is 3. The first-order valence-electron chi connectivity index (χ1n) is 7.81. The summed E-state index contributed by atoms with van der Waals surface area (Å²) < 4.78 is 78.1. The number of nitrogens with two attached hydrogens (primary N) is 1. The van der Waals surface area contributed by atoms with Crippen molar-refractivity contribution in [2.24, 2.45) is 5.14 Å². The maximum atomic E-state index is 13.6. The van der Waals surface area contributed by atoms with Gasteiger partial charge < -0.3 is 0 Å². The molecule has 0 amide bonds. The van der Waals surface area contributed by atoms with Crippen LogP contribution in [0.4, 0.5) is 17.6 Å². The molecule has 0 fully saturated rings. The number of fused-ring (bicyclic) bond motifs is 3. The van der Waals surface area contributed by atoms with Crippen molar-refractivity contribution in [1.29, 1.82) is 0 Å². The summed E-state index contributed by atoms with van der Waals surface area (Å²) in [7, 11) is -3.95. The molecule has 1 aliphatic rings. The van der Waals surface area contributed by atoms with E-state index in [9.17, 15) is 26.0 Å². The van der Waals surface area contributed by atoms with Crippen LogP contribution >= 0.6 is 11.8 Å². The van der Waals surface area contributed by atoms with Gasteiger partial charge in [0.25, 0.3) is 0 Å². The lowest BCUT2D eigenvalue weighted by Crippen LogP contribution is -2.12. The van der Waals surface area contributed by atoms with Crippen LogP contribution in [-0.2, 0) is 22.0 Å². The van der Waals surface area contributed by atoms with Gasteiger partial charge in [-0.25, -0.2) is 22.6 Å². The van der Waals surface area contributed by atoms with Crippen LogP contribution in [0.1, 0.15) is 11.3 Å². The molecular weight excluding hydrogens is 418 g/mol. The molecular formula is C17H11F4N3O2S2. The van der Waals surface area contributed by atoms with Crippen LogP contribution in [0.15, 0.2) is 52.3 Å². The average Bonchev–Trinajstić information content (AvgIpc) is 3.01. The van der Waals surface area contributed by atoms with E-state index in [2.05, 4.69) is 5.10 Å². The predicted octanol–water partition coefficient (Wildman–Crippen LogP) is 3.95. The summed E-state index contributed by atoms with van der Waals surface area (Å²) in [6.45, 7) is 0. The standard InChI is InChI=1S/C17H11F4N3O2S2/c18-9-1-6-12-14(7-9)27-8-13-15(12)24(23-16(13)17(19,20)21)10-2-4-11(5-3-10)28(22,25)26/h1-7H,8H2,(H2,22,25,26). The quantitative estimate of drug-likeness (QED) is 0.626. The molecule has 2 N–H and O–H groups in total. The summed E-state index contributed by atoms with van der Waals surface area (Å²) >= 11 is 1.10. The molecule has 4 rings (SSSR count). The van der Waals surface area contributed by atoms with Gasteiger partial charge in [-0.3, -0.25) is 0 Å². The Morgan fingerprint density at radius 2 is 1.79 bits per heavy atom. The third-order valence-electron chi connectivity index (χ3n) is 4.23. The van der Waals surface area contributed by atoms with Crippen LogP contribution in [-0.4, -0.2) is 18.2 Å². The highest BCUT2D eigenvalue weighted by Gasteiger charge is 2.41. The minimum atomic E-state index is -4.67. The van der Waals surface area contributed by atoms with E-state index in [-0.39, 0.29) is 27.6 Å². The summed E-state index contributed by atoms with van der Waals surface area (Å²) in [5, 5.41) is 8.81. The van der Waals surface area contributed by atoms with Crippen molar-refractivity contribution in [3.8, 4) is 16.9 Å². The van der Waals surface area contributed by atoms with E-state index in [0.29, 0.717) is 10.5 Å². The molecule has 0 saturated heterocycles. The zero-order valence-corrected chi connectivity index (χ0v) is 15.5. The Morgan fingerprint density at radius 3 is 2.39 bits per heavy atom. The summed E-state index contributed by atoms with van der Waals surface area (Å²) in [6, 6.07) is 8.86. The third-order valence-corrected chi connectivity index (χ3v) is 6.24. The molecule has 0 aliphatic carbocycles. The Hall–Kier alpha value is -2.37. The highest BCUT2D eigenvalue weighted by atomic mass is 32.2. The van der Waals surface area contributed by atoms with Crippen LogP contribution in [0, 0.1) is 5.82 Å². The molecule has 2 aromatic carbocycles. The van der Waals surface area contributed by atoms with Crippen LogP contribution in [0.2, 0.25) is 0 Å². The van der Waals surface area contributed by atoms with E-state index in [1.807, 2.05) is 0 Å². The zero-order valence-electron chi connectivity index (χ0n) is 13.9. The molecule has 1 aliphatic heterocycles. The van der Waals surface area contributed by atoms with E-state index >= 15 is 0 Å². The zero-order chi connectivity index (χ0) is 20.3. The molecule has 0 saturated carbocycles. The lowest BCUT2D eigenvalue weighted by Gasteiger charge is -2.18. The monoisotopic (exact) mass is 429 g/mol. The lowest BCUT2D eigenvalue weighted by atomic mass is 10.1. The maximum absolute atomic E-state index is 13.6. The van der Waals surface area contributed by atoms with Gasteiger partial charge in [-0.1, -0.05) is 0 Å². The Balaban J connectivity index is 1.96. The number of nitrogens with zero attached hydrogens (tertiary/aromatic N) is 2. The fourth-order valence-electron chi connectivity index (χ4n) is 3.02. The largest absolute Gasteiger partial charge is 0.435 e. The van der Waals surface area contributed by atoms with E-state index in [1.165, 1.54) is 42.5 Å². The molecule has 3 aromatic rings. The Morgan fingerprint density at radius 1 is 1.11 bits per heavy atom. The summed E-state index contributed by atoms with van der Waals surface area (Å²) in [4.78, 5) is 0.329. The summed E-state index contributed by atoms with van der Waals surface area (Å²) in [5.74, 6) is -0.509. The fourth-order valence-corrected chi connectivity index (χ4v) is 4.62. The molecule has 1 aromatic heterocycles. The van der Waals surface area contributed by atoms with Crippen LogP contribution < -0.4 is 5.14 Å². The Kier molecular flexibility index (Phi) is 4.28. The number of benzene rings is 2. The normalized spacial score (nSPS) is 13.9. The van der Waals surface area contributed by atoms with Crippen LogP contribution in [0.5, 0.6) is 0 Å². The number of primary sulfonamides is 1. The van der Waals surface area contributed by atoms with Crippen LogP contribution in [0.3, 0.4) is 0 Å². The van der Waals surface area contributed by atoms with Crippen molar-refractivity contribution in [2.45, 2.75) is 21.7 Å². The smallest absolute Gasteiger partial charge is 0.232 e. The minimum absolute atomic E-state index is 0.00729. The highest BCUT2D eigenvalue weighted by molar-refractivity contribution is 7.98. The first-order chi connectivity index (χ1) is 13.1. The molecule has 0 bridgehead atoms. The topological polar surface area (TPSA) is 78.0 Å². The van der Waals surface area contributed by atoms with E-state index < -0.39 is 27.7 Å². The molecule has 11 heteroatoms. The molecule has 28 heavy (non-hydrogen) atoms. The third kappa shape index (κ3) is 3.19. The predicted molar refractivity (Wildman–Crippen MR) is 94.9 cm³/mol. The Labute approximate surface area is 161 Å². The van der Waals surface area contributed by atoms with E-state index in [0.717, 1.165) is 16.4 Å². The van der Waals surface area contributed by atoms with Gasteiger partial charge in [-0.05, 0) is 42.5 Å². The maximum Gasteiger partial charge on any atom is 0.435 e. The van der Waals surface area contributed by atoms with Crippen molar-refractivity contribution in [3.63, 3.8) is 0 Å². The van der Waals surface area contributed by atoms with Crippen molar-refractivity contribution < 1.29 is 26.0 Å². The number of thioether (sulfide) groups is 1. The van der Waals surface area contributed by atoms with E-state index in [4.69, 9.17) is 5.14 Å². The van der Waals surface area contributed by atoms with Gasteiger partial charge in [0, 0.05) is 21.8 Å². The van der Waals surface area contributed by atoms with Gasteiger partial charge in [0.2, 0.25) is 10.0 Å². The van der Waals surface area contributed by atoms with Gasteiger partial charge in [-0.2, -0.15) is 18.3 Å². The molecule has 0 atom stereocenters. The molecule has 5 nitrogen and oxygen atoms in total. The molecule has 0 unspecified atom stereocenters. The van der Waals surface area contributed by atoms with Gasteiger partial charge in [0.05, 0.1) is 16.3 Å². The first kappa shape index (κ1) is 19.0. The molecule has 146 valence electrons. The van der Waals surface area contributed by atoms with Crippen LogP contribution in [0.25, 0.3) is 16.9 Å². The second kappa shape index (κ2) is 6.33. The van der Waals surface area contributed by atoms with Crippen molar-refractivity contribution >= 4 is 21.8 Å². The molecule has 2 heterocycles. The highest BCUT2D eigenvalue weighted by Crippen LogP contribution is 2.47. The lowest BCUT2D eigenvalue weighted by molar-refractivity contribution is -0.141. The molecule has 0 radical (unpaired) electrons. The average molecular weight is 429 g/mol. The molecule has 0 spiro atoms. The van der Waals surface area contributed by atoms with E-state index in [1.54, 1.807) is 0 Å². The van der Waals surface area contributed by atoms with Gasteiger partial charge >= 0.3 is 6.18 Å². The second-order valence-electron chi connectivity index (χ2n) is 6.05. The van der Waals surface area contributed by atoms with Gasteiger partial charge in [0.1, 0.15) is 5.82 Å². The van der Waals surface area contributed by atoms with Gasteiger partial charge in [0.15, 0.2) is 5.69 Å². The SMILES string of the molecule is NS(=O)(=O)c1ccc(-n2nc(C(F)(F)F)c3c2-c2ccc(F)cc2SC3)cc1. The second-order valence-corrected chi connectivity index (χ2v) is 8.63. The summed E-state index contributed by atoms with van der Waals surface area (Å²) in [6.07, 6.45) is -4.67. The number of sulfonamides is 1. The number of hydrogen-bond acceptors (Lipinski definition) is 4. The summed E-state index contributed by atoms with van der Waals surface area (Å²) in [5.41, 5.74) is -0.190. The Bertz CT molecular complexity index is 1190. The number of rotatable bonds is 2. The number of aromatic nitrogens is 2. The number of halogens is 4.